The summed E-state index contributed by atoms with van der Waals surface area (Å²) < 4.78 is 18.8. The summed E-state index contributed by atoms with van der Waals surface area (Å²) in [6, 6.07) is 19.9. The minimum Gasteiger partial charge on any atom is -0.411 e. The van der Waals surface area contributed by atoms with Crippen LogP contribution in [-0.2, 0) is 27.1 Å². The first-order valence-electron chi connectivity index (χ1n) is 11.9. The van der Waals surface area contributed by atoms with Gasteiger partial charge in [0.25, 0.3) is 0 Å². The molecule has 0 heterocycles. The molecule has 2 aromatic rings. The molecule has 2 aromatic carbocycles. The maximum absolute atomic E-state index is 11.1. The molecular weight excluding hydrogens is 432 g/mol. The predicted molar refractivity (Wildman–Crippen MR) is 133 cm³/mol. The largest absolute Gasteiger partial charge is 0.411 e. The van der Waals surface area contributed by atoms with Crippen molar-refractivity contribution in [2.75, 3.05) is 6.61 Å². The van der Waals surface area contributed by atoms with Gasteiger partial charge in [-0.1, -0.05) is 81.4 Å². The van der Waals surface area contributed by atoms with Crippen molar-refractivity contribution in [2.45, 2.75) is 83.0 Å². The Balaban J connectivity index is 1.72. The average Bonchev–Trinajstić information content (AvgIpc) is 2.77. The zero-order valence-corrected chi connectivity index (χ0v) is 21.6. The summed E-state index contributed by atoms with van der Waals surface area (Å²) in [6.07, 6.45) is -2.43. The summed E-state index contributed by atoms with van der Waals surface area (Å²) in [5, 5.41) is 22.1. The van der Waals surface area contributed by atoms with Crippen LogP contribution in [0, 0.1) is 5.92 Å². The van der Waals surface area contributed by atoms with Crippen LogP contribution < -0.4 is 0 Å². The van der Waals surface area contributed by atoms with Gasteiger partial charge in [-0.25, -0.2) is 0 Å². The average molecular weight is 473 g/mol. The predicted octanol–water partition coefficient (Wildman–Crippen LogP) is 4.92. The zero-order valence-electron chi connectivity index (χ0n) is 20.6. The first kappa shape index (κ1) is 26.1. The van der Waals surface area contributed by atoms with E-state index < -0.39 is 32.7 Å². The molecule has 0 aliphatic heterocycles. The van der Waals surface area contributed by atoms with Crippen molar-refractivity contribution < 1.29 is 24.1 Å². The molecule has 5 atom stereocenters. The highest BCUT2D eigenvalue weighted by atomic mass is 28.4. The van der Waals surface area contributed by atoms with Crippen molar-refractivity contribution in [3.05, 3.63) is 71.8 Å². The quantitative estimate of drug-likeness (QED) is 0.507. The lowest BCUT2D eigenvalue weighted by Gasteiger charge is -2.47. The number of ether oxygens (including phenoxy) is 2. The minimum absolute atomic E-state index is 0.0115. The molecule has 182 valence electrons. The molecule has 33 heavy (non-hydrogen) atoms. The summed E-state index contributed by atoms with van der Waals surface area (Å²) in [7, 11) is -2.12. The third-order valence-electron chi connectivity index (χ3n) is 7.05. The van der Waals surface area contributed by atoms with Gasteiger partial charge in [0.05, 0.1) is 32.0 Å². The molecule has 5 nitrogen and oxygen atoms in total. The number of aliphatic hydroxyl groups excluding tert-OH is 2. The Hall–Kier alpha value is -1.54. The van der Waals surface area contributed by atoms with Gasteiger partial charge in [-0.2, -0.15) is 0 Å². The van der Waals surface area contributed by atoms with Crippen molar-refractivity contribution in [3.8, 4) is 0 Å². The maximum atomic E-state index is 11.1. The first-order valence-corrected chi connectivity index (χ1v) is 14.8. The van der Waals surface area contributed by atoms with E-state index in [2.05, 4.69) is 33.9 Å². The van der Waals surface area contributed by atoms with E-state index in [1.54, 1.807) is 0 Å². The molecule has 0 spiro atoms. The van der Waals surface area contributed by atoms with Gasteiger partial charge < -0.3 is 24.1 Å². The lowest BCUT2D eigenvalue weighted by Crippen LogP contribution is -2.59. The van der Waals surface area contributed by atoms with Gasteiger partial charge in [-0.15, -0.1) is 0 Å². The molecule has 0 radical (unpaired) electrons. The fourth-order valence-corrected chi connectivity index (χ4v) is 5.35. The van der Waals surface area contributed by atoms with Gasteiger partial charge in [0.1, 0.15) is 12.2 Å². The monoisotopic (exact) mass is 472 g/mol. The second-order valence-electron chi connectivity index (χ2n) is 10.7. The molecule has 0 amide bonds. The Bertz CT molecular complexity index is 837. The lowest BCUT2D eigenvalue weighted by atomic mass is 9.81. The number of aliphatic hydroxyl groups is 2. The molecule has 0 bridgehead atoms. The highest BCUT2D eigenvalue weighted by Crippen LogP contribution is 2.40. The molecule has 0 saturated heterocycles. The topological polar surface area (TPSA) is 68.2 Å². The smallest absolute Gasteiger partial charge is 0.192 e. The molecular formula is C27H40O5Si. The Morgan fingerprint density at radius 1 is 0.848 bits per heavy atom. The molecule has 0 aromatic heterocycles. The summed E-state index contributed by atoms with van der Waals surface area (Å²) in [6.45, 7) is 12.2. The van der Waals surface area contributed by atoms with Crippen molar-refractivity contribution >= 4 is 8.32 Å². The SMILES string of the molecule is CC(C)(C)[Si](C)(C)O[C@H]1C[C@H](COCc2ccccc2)[C@@H](OCc2ccccc2)[C@H](O)[C@@H]1O. The van der Waals surface area contributed by atoms with Crippen LogP contribution in [0.5, 0.6) is 0 Å². The highest BCUT2D eigenvalue weighted by Gasteiger charge is 2.48. The molecule has 0 unspecified atom stereocenters. The summed E-state index contributed by atoms with van der Waals surface area (Å²) in [4.78, 5) is 0. The second kappa shape index (κ2) is 11.3. The summed E-state index contributed by atoms with van der Waals surface area (Å²) >= 11 is 0. The van der Waals surface area contributed by atoms with Gasteiger partial charge in [-0.3, -0.25) is 0 Å². The fourth-order valence-electron chi connectivity index (χ4n) is 4.00. The molecule has 6 heteroatoms. The number of benzene rings is 2. The minimum atomic E-state index is -2.12. The van der Waals surface area contributed by atoms with Crippen LogP contribution in [0.25, 0.3) is 0 Å². The molecule has 2 N–H and O–H groups in total. The lowest BCUT2D eigenvalue weighted by molar-refractivity contribution is -0.185. The van der Waals surface area contributed by atoms with Gasteiger partial charge in [0, 0.05) is 5.92 Å². The van der Waals surface area contributed by atoms with Crippen LogP contribution in [-0.4, -0.2) is 49.6 Å². The third-order valence-corrected chi connectivity index (χ3v) is 11.6. The van der Waals surface area contributed by atoms with E-state index in [9.17, 15) is 10.2 Å². The Morgan fingerprint density at radius 2 is 1.39 bits per heavy atom. The van der Waals surface area contributed by atoms with Gasteiger partial charge in [-0.05, 0) is 35.7 Å². The standard InChI is InChI=1S/C27H40O5Si/c1-27(2,3)33(4,5)32-23-16-22(19-30-17-20-12-8-6-9-13-20)26(25(29)24(23)28)31-18-21-14-10-7-11-15-21/h6-15,22-26,28-29H,16-19H2,1-5H3/t22-,23+,24-,25-,26-/m1/s1. The molecule has 1 aliphatic rings. The van der Waals surface area contributed by atoms with E-state index in [1.165, 1.54) is 0 Å². The van der Waals surface area contributed by atoms with E-state index in [0.29, 0.717) is 26.2 Å². The third kappa shape index (κ3) is 6.98. The molecule has 1 fully saturated rings. The van der Waals surface area contributed by atoms with Crippen LogP contribution >= 0.6 is 0 Å². The van der Waals surface area contributed by atoms with Gasteiger partial charge in [0.15, 0.2) is 8.32 Å². The van der Waals surface area contributed by atoms with Crippen molar-refractivity contribution in [1.29, 1.82) is 0 Å². The zero-order chi connectivity index (χ0) is 24.1. The first-order chi connectivity index (χ1) is 15.6. The van der Waals surface area contributed by atoms with Gasteiger partial charge >= 0.3 is 0 Å². The van der Waals surface area contributed by atoms with Crippen molar-refractivity contribution in [2.24, 2.45) is 5.92 Å². The Kier molecular flexibility index (Phi) is 8.89. The summed E-state index contributed by atoms with van der Waals surface area (Å²) in [5.74, 6) is -0.0920. The number of hydrogen-bond acceptors (Lipinski definition) is 5. The normalized spacial score (nSPS) is 26.3. The van der Waals surface area contributed by atoms with Crippen LogP contribution in [0.15, 0.2) is 60.7 Å². The maximum Gasteiger partial charge on any atom is 0.192 e. The van der Waals surface area contributed by atoms with E-state index in [-0.39, 0.29) is 11.0 Å². The molecule has 1 aliphatic carbocycles. The Morgan fingerprint density at radius 3 is 1.94 bits per heavy atom. The van der Waals surface area contributed by atoms with Crippen molar-refractivity contribution in [3.63, 3.8) is 0 Å². The van der Waals surface area contributed by atoms with E-state index in [1.807, 2.05) is 60.7 Å². The van der Waals surface area contributed by atoms with Crippen LogP contribution in [0.3, 0.4) is 0 Å². The van der Waals surface area contributed by atoms with Gasteiger partial charge in [0.2, 0.25) is 0 Å². The number of hydrogen-bond donors (Lipinski definition) is 2. The van der Waals surface area contributed by atoms with Crippen LogP contribution in [0.1, 0.15) is 38.3 Å². The molecule has 3 rings (SSSR count). The summed E-state index contributed by atoms with van der Waals surface area (Å²) in [5.41, 5.74) is 2.13. The Labute approximate surface area is 199 Å². The van der Waals surface area contributed by atoms with Crippen LogP contribution in [0.4, 0.5) is 0 Å². The van der Waals surface area contributed by atoms with E-state index >= 15 is 0 Å². The highest BCUT2D eigenvalue weighted by molar-refractivity contribution is 6.74. The molecule has 1 saturated carbocycles. The fraction of sp³-hybridized carbons (Fsp3) is 0.556. The van der Waals surface area contributed by atoms with Crippen LogP contribution in [0.2, 0.25) is 18.1 Å². The van der Waals surface area contributed by atoms with Crippen molar-refractivity contribution in [1.82, 2.24) is 0 Å². The second-order valence-corrected chi connectivity index (χ2v) is 15.4. The number of rotatable bonds is 9. The van der Waals surface area contributed by atoms with E-state index in [4.69, 9.17) is 13.9 Å². The van der Waals surface area contributed by atoms with E-state index in [0.717, 1.165) is 11.1 Å².